The minimum absolute atomic E-state index is 0.143. The van der Waals surface area contributed by atoms with E-state index in [4.69, 9.17) is 15.2 Å². The number of rotatable bonds is 3. The Kier molecular flexibility index (Phi) is 5.16. The van der Waals surface area contributed by atoms with Crippen LogP contribution in [0.1, 0.15) is 18.4 Å². The molecule has 0 aliphatic carbocycles. The van der Waals surface area contributed by atoms with Gasteiger partial charge in [0.15, 0.2) is 0 Å². The van der Waals surface area contributed by atoms with E-state index in [1.165, 1.54) is 12.0 Å². The molecule has 1 aromatic carbocycles. The van der Waals surface area contributed by atoms with Crippen molar-refractivity contribution in [3.05, 3.63) is 35.9 Å². The number of carbonyl (C=O) groups excluding carboxylic acids is 2. The molecule has 2 atom stereocenters. The maximum absolute atomic E-state index is 12.2. The predicted molar refractivity (Wildman–Crippen MR) is 76.3 cm³/mol. The standard InChI is InChI=1S/C15H20N2O4/c1-20-14(18)13-8-7-12(16)9-17(13)15(19)21-10-11-5-3-2-4-6-11/h2-6,12-13H,7-10,16H2,1H3/t12-,13+/m0/s1. The Bertz CT molecular complexity index is 492. The van der Waals surface area contributed by atoms with Crippen molar-refractivity contribution in [2.45, 2.75) is 31.5 Å². The number of methoxy groups -OCH3 is 1. The highest BCUT2D eigenvalue weighted by atomic mass is 16.6. The molecule has 114 valence electrons. The lowest BCUT2D eigenvalue weighted by atomic mass is 9.99. The zero-order chi connectivity index (χ0) is 15.2. The molecule has 21 heavy (non-hydrogen) atoms. The van der Waals surface area contributed by atoms with Crippen molar-refractivity contribution in [3.63, 3.8) is 0 Å². The molecule has 0 radical (unpaired) electrons. The second kappa shape index (κ2) is 7.08. The number of esters is 1. The zero-order valence-corrected chi connectivity index (χ0v) is 12.0. The van der Waals surface area contributed by atoms with E-state index in [1.54, 1.807) is 0 Å². The van der Waals surface area contributed by atoms with E-state index in [9.17, 15) is 9.59 Å². The van der Waals surface area contributed by atoms with Crippen LogP contribution in [-0.2, 0) is 20.9 Å². The average Bonchev–Trinajstić information content (AvgIpc) is 2.52. The summed E-state index contributed by atoms with van der Waals surface area (Å²) in [7, 11) is 1.31. The Labute approximate surface area is 123 Å². The molecule has 1 fully saturated rings. The summed E-state index contributed by atoms with van der Waals surface area (Å²) < 4.78 is 10.0. The van der Waals surface area contributed by atoms with Crippen LogP contribution in [-0.4, -0.2) is 42.7 Å². The lowest BCUT2D eigenvalue weighted by Crippen LogP contribution is -2.54. The molecular weight excluding hydrogens is 272 g/mol. The van der Waals surface area contributed by atoms with E-state index in [2.05, 4.69) is 0 Å². The highest BCUT2D eigenvalue weighted by Crippen LogP contribution is 2.19. The molecular formula is C15H20N2O4. The minimum atomic E-state index is -0.613. The van der Waals surface area contributed by atoms with E-state index in [0.29, 0.717) is 19.4 Å². The summed E-state index contributed by atoms with van der Waals surface area (Å²) in [5.41, 5.74) is 6.76. The number of carbonyl (C=O) groups is 2. The minimum Gasteiger partial charge on any atom is -0.467 e. The summed E-state index contributed by atoms with van der Waals surface area (Å²) >= 11 is 0. The molecule has 1 saturated heterocycles. The third kappa shape index (κ3) is 3.95. The molecule has 2 N–H and O–H groups in total. The van der Waals surface area contributed by atoms with Crippen molar-refractivity contribution < 1.29 is 19.1 Å². The van der Waals surface area contributed by atoms with Gasteiger partial charge in [-0.3, -0.25) is 4.90 Å². The third-order valence-electron chi connectivity index (χ3n) is 3.53. The molecule has 0 spiro atoms. The Balaban J connectivity index is 1.98. The fourth-order valence-corrected chi connectivity index (χ4v) is 2.38. The van der Waals surface area contributed by atoms with Crippen LogP contribution < -0.4 is 5.73 Å². The molecule has 6 heteroatoms. The number of piperidine rings is 1. The van der Waals surface area contributed by atoms with Crippen molar-refractivity contribution in [3.8, 4) is 0 Å². The smallest absolute Gasteiger partial charge is 0.410 e. The molecule has 1 aliphatic rings. The number of nitrogens with two attached hydrogens (primary N) is 1. The third-order valence-corrected chi connectivity index (χ3v) is 3.53. The van der Waals surface area contributed by atoms with E-state index < -0.39 is 18.1 Å². The lowest BCUT2D eigenvalue weighted by Gasteiger charge is -2.35. The number of amides is 1. The fraction of sp³-hybridized carbons (Fsp3) is 0.467. The van der Waals surface area contributed by atoms with Gasteiger partial charge >= 0.3 is 12.1 Å². The molecule has 0 aromatic heterocycles. The first-order chi connectivity index (χ1) is 10.1. The largest absolute Gasteiger partial charge is 0.467 e. The van der Waals surface area contributed by atoms with E-state index in [-0.39, 0.29) is 12.6 Å². The second-order valence-electron chi connectivity index (χ2n) is 5.07. The van der Waals surface area contributed by atoms with Crippen LogP contribution in [0.15, 0.2) is 30.3 Å². The summed E-state index contributed by atoms with van der Waals surface area (Å²) in [6, 6.07) is 8.62. The maximum atomic E-state index is 12.2. The van der Waals surface area contributed by atoms with Gasteiger partial charge in [-0.25, -0.2) is 9.59 Å². The van der Waals surface area contributed by atoms with Crippen LogP contribution in [0.25, 0.3) is 0 Å². The Morgan fingerprint density at radius 3 is 2.67 bits per heavy atom. The van der Waals surface area contributed by atoms with Gasteiger partial charge in [-0.1, -0.05) is 30.3 Å². The molecule has 0 unspecified atom stereocenters. The monoisotopic (exact) mass is 292 g/mol. The van der Waals surface area contributed by atoms with Gasteiger partial charge in [0.1, 0.15) is 12.6 Å². The molecule has 6 nitrogen and oxygen atoms in total. The highest BCUT2D eigenvalue weighted by molar-refractivity contribution is 5.81. The number of hydrogen-bond acceptors (Lipinski definition) is 5. The van der Waals surface area contributed by atoms with Gasteiger partial charge < -0.3 is 15.2 Å². The summed E-state index contributed by atoms with van der Waals surface area (Å²) in [5.74, 6) is -0.432. The highest BCUT2D eigenvalue weighted by Gasteiger charge is 2.36. The maximum Gasteiger partial charge on any atom is 0.410 e. The number of likely N-dealkylation sites (tertiary alicyclic amines) is 1. The van der Waals surface area contributed by atoms with E-state index in [1.807, 2.05) is 30.3 Å². The van der Waals surface area contributed by atoms with Crippen LogP contribution in [0.3, 0.4) is 0 Å². The lowest BCUT2D eigenvalue weighted by molar-refractivity contribution is -0.147. The number of nitrogens with zero attached hydrogens (tertiary/aromatic N) is 1. The summed E-state index contributed by atoms with van der Waals surface area (Å²) in [6.07, 6.45) is 0.640. The topological polar surface area (TPSA) is 81.9 Å². The number of ether oxygens (including phenoxy) is 2. The van der Waals surface area contributed by atoms with Crippen molar-refractivity contribution in [1.82, 2.24) is 4.90 Å². The summed E-state index contributed by atoms with van der Waals surface area (Å²) in [4.78, 5) is 25.3. The van der Waals surface area contributed by atoms with Gasteiger partial charge in [0, 0.05) is 12.6 Å². The normalized spacial score (nSPS) is 21.7. The van der Waals surface area contributed by atoms with Gasteiger partial charge in [-0.05, 0) is 18.4 Å². The number of benzene rings is 1. The predicted octanol–water partition coefficient (Wildman–Crippen LogP) is 1.29. The first kappa shape index (κ1) is 15.3. The van der Waals surface area contributed by atoms with Gasteiger partial charge in [-0.2, -0.15) is 0 Å². The summed E-state index contributed by atoms with van der Waals surface area (Å²) in [5, 5.41) is 0. The van der Waals surface area contributed by atoms with Crippen molar-refractivity contribution in [2.24, 2.45) is 5.73 Å². The van der Waals surface area contributed by atoms with Gasteiger partial charge in [0.25, 0.3) is 0 Å². The van der Waals surface area contributed by atoms with Crippen LogP contribution in [0.2, 0.25) is 0 Å². The molecule has 1 amide bonds. The Morgan fingerprint density at radius 1 is 1.29 bits per heavy atom. The first-order valence-corrected chi connectivity index (χ1v) is 6.92. The molecule has 0 bridgehead atoms. The van der Waals surface area contributed by atoms with Crippen molar-refractivity contribution in [2.75, 3.05) is 13.7 Å². The van der Waals surface area contributed by atoms with Crippen LogP contribution in [0.5, 0.6) is 0 Å². The number of hydrogen-bond donors (Lipinski definition) is 1. The molecule has 1 aromatic rings. The Morgan fingerprint density at radius 2 is 2.00 bits per heavy atom. The SMILES string of the molecule is COC(=O)[C@H]1CC[C@H](N)CN1C(=O)OCc1ccccc1. The van der Waals surface area contributed by atoms with Crippen molar-refractivity contribution >= 4 is 12.1 Å². The molecule has 1 aliphatic heterocycles. The average molecular weight is 292 g/mol. The van der Waals surface area contributed by atoms with E-state index >= 15 is 0 Å². The van der Waals surface area contributed by atoms with Gasteiger partial charge in [0.05, 0.1) is 7.11 Å². The Hall–Kier alpha value is -2.08. The summed E-state index contributed by atoms with van der Waals surface area (Å²) in [6.45, 7) is 0.465. The quantitative estimate of drug-likeness (QED) is 0.849. The van der Waals surface area contributed by atoms with Crippen LogP contribution in [0.4, 0.5) is 4.79 Å². The zero-order valence-electron chi connectivity index (χ0n) is 12.0. The fourth-order valence-electron chi connectivity index (χ4n) is 2.38. The van der Waals surface area contributed by atoms with Crippen LogP contribution in [0, 0.1) is 0 Å². The first-order valence-electron chi connectivity index (χ1n) is 6.92. The van der Waals surface area contributed by atoms with Crippen LogP contribution >= 0.6 is 0 Å². The second-order valence-corrected chi connectivity index (χ2v) is 5.07. The molecule has 2 rings (SSSR count). The van der Waals surface area contributed by atoms with Crippen molar-refractivity contribution in [1.29, 1.82) is 0 Å². The van der Waals surface area contributed by atoms with E-state index in [0.717, 1.165) is 5.56 Å². The molecule has 1 heterocycles. The molecule has 0 saturated carbocycles. The van der Waals surface area contributed by atoms with Gasteiger partial charge in [0.2, 0.25) is 0 Å². The van der Waals surface area contributed by atoms with Gasteiger partial charge in [-0.15, -0.1) is 0 Å².